The van der Waals surface area contributed by atoms with E-state index in [0.29, 0.717) is 11.8 Å². The number of carboxylic acids is 1. The van der Waals surface area contributed by atoms with Gasteiger partial charge in [0.2, 0.25) is 0 Å². The molecule has 0 amide bonds. The van der Waals surface area contributed by atoms with Gasteiger partial charge in [-0.3, -0.25) is 4.79 Å². The smallest absolute Gasteiger partial charge is 0.309 e. The van der Waals surface area contributed by atoms with Gasteiger partial charge in [-0.2, -0.15) is 0 Å². The highest BCUT2D eigenvalue weighted by Crippen LogP contribution is 2.65. The number of hydrogen-bond donors (Lipinski definition) is 1. The van der Waals surface area contributed by atoms with Crippen molar-refractivity contribution in [1.29, 1.82) is 0 Å². The van der Waals surface area contributed by atoms with Crippen LogP contribution in [0.2, 0.25) is 0 Å². The lowest BCUT2D eigenvalue weighted by molar-refractivity contribution is -0.167. The van der Waals surface area contributed by atoms with Gasteiger partial charge in [0.1, 0.15) is 0 Å². The Kier molecular flexibility index (Phi) is 2.40. The molecule has 2 nitrogen and oxygen atoms in total. The first-order chi connectivity index (χ1) is 9.51. The van der Waals surface area contributed by atoms with E-state index in [0.717, 1.165) is 19.3 Å². The minimum Gasteiger partial charge on any atom is -0.481 e. The zero-order chi connectivity index (χ0) is 14.0. The molecule has 0 saturated heterocycles. The van der Waals surface area contributed by atoms with Crippen LogP contribution in [-0.2, 0) is 10.2 Å². The predicted octanol–water partition coefficient (Wildman–Crippen LogP) is 3.92. The van der Waals surface area contributed by atoms with Crippen LogP contribution in [0.25, 0.3) is 0 Å². The lowest BCUT2D eigenvalue weighted by atomic mass is 9.43. The van der Waals surface area contributed by atoms with Crippen LogP contribution in [-0.4, -0.2) is 11.1 Å². The molecule has 4 aliphatic carbocycles. The Labute approximate surface area is 120 Å². The topological polar surface area (TPSA) is 37.3 Å². The Morgan fingerprint density at radius 2 is 1.90 bits per heavy atom. The molecular weight excluding hydrogens is 248 g/mol. The third-order valence-corrected chi connectivity index (χ3v) is 6.15. The first-order valence-corrected chi connectivity index (χ1v) is 7.82. The summed E-state index contributed by atoms with van der Waals surface area (Å²) in [6, 6.07) is 8.80. The van der Waals surface area contributed by atoms with Crippen molar-refractivity contribution in [1.82, 2.24) is 0 Å². The van der Waals surface area contributed by atoms with Crippen molar-refractivity contribution < 1.29 is 9.90 Å². The second-order valence-corrected chi connectivity index (χ2v) is 7.70. The number of aryl methyl sites for hydroxylation is 1. The first kappa shape index (κ1) is 12.4. The van der Waals surface area contributed by atoms with Gasteiger partial charge in [0.05, 0.1) is 5.41 Å². The quantitative estimate of drug-likeness (QED) is 0.884. The minimum atomic E-state index is -0.538. The van der Waals surface area contributed by atoms with Gasteiger partial charge in [-0.1, -0.05) is 29.8 Å². The molecule has 2 heteroatoms. The maximum absolute atomic E-state index is 11.9. The fourth-order valence-electron chi connectivity index (χ4n) is 5.83. The highest BCUT2D eigenvalue weighted by molar-refractivity contribution is 5.76. The number of carboxylic acid groups (broad SMARTS) is 1. The molecule has 1 aromatic rings. The van der Waals surface area contributed by atoms with Crippen molar-refractivity contribution in [3.05, 3.63) is 35.4 Å². The zero-order valence-electron chi connectivity index (χ0n) is 12.1. The fraction of sp³-hybridized carbons (Fsp3) is 0.611. The Balaban J connectivity index is 1.81. The molecule has 106 valence electrons. The maximum Gasteiger partial charge on any atom is 0.309 e. The predicted molar refractivity (Wildman–Crippen MR) is 77.6 cm³/mol. The van der Waals surface area contributed by atoms with Gasteiger partial charge < -0.3 is 5.11 Å². The van der Waals surface area contributed by atoms with E-state index in [9.17, 15) is 9.90 Å². The van der Waals surface area contributed by atoms with E-state index in [1.165, 1.54) is 30.4 Å². The SMILES string of the molecule is Cc1cccc(C23CC4CC(CC(C(=O)O)(C4)C2)C3)c1. The zero-order valence-corrected chi connectivity index (χ0v) is 12.1. The molecule has 4 aliphatic rings. The average Bonchev–Trinajstić information content (AvgIpc) is 2.37. The summed E-state index contributed by atoms with van der Waals surface area (Å²) in [7, 11) is 0. The van der Waals surface area contributed by atoms with Crippen LogP contribution in [0.1, 0.15) is 49.7 Å². The van der Waals surface area contributed by atoms with E-state index in [4.69, 9.17) is 0 Å². The summed E-state index contributed by atoms with van der Waals surface area (Å²) in [5, 5.41) is 9.79. The van der Waals surface area contributed by atoms with Gasteiger partial charge in [-0.05, 0) is 68.3 Å². The number of aliphatic carboxylic acids is 1. The van der Waals surface area contributed by atoms with Gasteiger partial charge in [0, 0.05) is 0 Å². The second-order valence-electron chi connectivity index (χ2n) is 7.70. The molecule has 4 saturated carbocycles. The molecule has 20 heavy (non-hydrogen) atoms. The summed E-state index contributed by atoms with van der Waals surface area (Å²) in [6.07, 6.45) is 6.40. The van der Waals surface area contributed by atoms with Crippen LogP contribution in [0.3, 0.4) is 0 Å². The largest absolute Gasteiger partial charge is 0.481 e. The number of carbonyl (C=O) groups is 1. The Bertz CT molecular complexity index is 561. The van der Waals surface area contributed by atoms with E-state index in [1.807, 2.05) is 0 Å². The molecule has 2 atom stereocenters. The van der Waals surface area contributed by atoms with Gasteiger partial charge >= 0.3 is 5.97 Å². The van der Waals surface area contributed by atoms with E-state index in [-0.39, 0.29) is 5.41 Å². The van der Waals surface area contributed by atoms with Gasteiger partial charge in [0.25, 0.3) is 0 Å². The summed E-state index contributed by atoms with van der Waals surface area (Å²) in [6.45, 7) is 2.14. The molecule has 4 fully saturated rings. The van der Waals surface area contributed by atoms with Gasteiger partial charge in [-0.15, -0.1) is 0 Å². The molecule has 1 N–H and O–H groups in total. The van der Waals surface area contributed by atoms with Crippen LogP contribution in [0.15, 0.2) is 24.3 Å². The Morgan fingerprint density at radius 3 is 2.50 bits per heavy atom. The monoisotopic (exact) mass is 270 g/mol. The molecule has 0 aliphatic heterocycles. The van der Waals surface area contributed by atoms with E-state index < -0.39 is 11.4 Å². The Morgan fingerprint density at radius 1 is 1.20 bits per heavy atom. The maximum atomic E-state index is 11.9. The standard InChI is InChI=1S/C18H22O2/c1-12-3-2-4-15(5-12)17-7-13-6-14(8-17)10-18(9-13,11-17)16(19)20/h2-5,13-14H,6-11H2,1H3,(H,19,20). The third kappa shape index (κ3) is 1.60. The van der Waals surface area contributed by atoms with Crippen LogP contribution >= 0.6 is 0 Å². The number of rotatable bonds is 2. The Hall–Kier alpha value is -1.31. The fourth-order valence-corrected chi connectivity index (χ4v) is 5.83. The van der Waals surface area contributed by atoms with Crippen LogP contribution < -0.4 is 0 Å². The molecule has 4 bridgehead atoms. The first-order valence-electron chi connectivity index (χ1n) is 7.82. The minimum absolute atomic E-state index is 0.147. The van der Waals surface area contributed by atoms with Gasteiger partial charge in [-0.25, -0.2) is 0 Å². The molecule has 2 unspecified atom stereocenters. The van der Waals surface area contributed by atoms with Crippen molar-refractivity contribution in [3.8, 4) is 0 Å². The highest BCUT2D eigenvalue weighted by atomic mass is 16.4. The molecule has 1 aromatic carbocycles. The normalized spacial score (nSPS) is 41.9. The van der Waals surface area contributed by atoms with Crippen LogP contribution in [0, 0.1) is 24.2 Å². The van der Waals surface area contributed by atoms with E-state index in [1.54, 1.807) is 0 Å². The highest BCUT2D eigenvalue weighted by Gasteiger charge is 2.61. The van der Waals surface area contributed by atoms with Gasteiger partial charge in [0.15, 0.2) is 0 Å². The van der Waals surface area contributed by atoms with Crippen molar-refractivity contribution in [2.24, 2.45) is 17.3 Å². The third-order valence-electron chi connectivity index (χ3n) is 6.15. The summed E-state index contributed by atoms with van der Waals surface area (Å²) in [4.78, 5) is 11.9. The van der Waals surface area contributed by atoms with E-state index >= 15 is 0 Å². The molecular formula is C18H22O2. The number of benzene rings is 1. The van der Waals surface area contributed by atoms with Crippen LogP contribution in [0.5, 0.6) is 0 Å². The summed E-state index contributed by atoms with van der Waals surface area (Å²) < 4.78 is 0. The van der Waals surface area contributed by atoms with Crippen molar-refractivity contribution >= 4 is 5.97 Å². The second kappa shape index (κ2) is 3.87. The van der Waals surface area contributed by atoms with Crippen molar-refractivity contribution in [3.63, 3.8) is 0 Å². The molecule has 5 rings (SSSR count). The van der Waals surface area contributed by atoms with Crippen molar-refractivity contribution in [2.45, 2.75) is 50.9 Å². The molecule has 0 spiro atoms. The lowest BCUT2D eigenvalue weighted by Gasteiger charge is -2.60. The van der Waals surface area contributed by atoms with Crippen LogP contribution in [0.4, 0.5) is 0 Å². The average molecular weight is 270 g/mol. The molecule has 0 radical (unpaired) electrons. The van der Waals surface area contributed by atoms with Crippen molar-refractivity contribution in [2.75, 3.05) is 0 Å². The molecule has 0 aromatic heterocycles. The summed E-state index contributed by atoms with van der Waals surface area (Å²) in [5.41, 5.74) is 2.42. The summed E-state index contributed by atoms with van der Waals surface area (Å²) >= 11 is 0. The molecule has 0 heterocycles. The lowest BCUT2D eigenvalue weighted by Crippen LogP contribution is -2.56. The number of hydrogen-bond acceptors (Lipinski definition) is 1. The summed E-state index contributed by atoms with van der Waals surface area (Å²) in [5.74, 6) is 0.726. The van der Waals surface area contributed by atoms with E-state index in [2.05, 4.69) is 31.2 Å².